The van der Waals surface area contributed by atoms with E-state index in [2.05, 4.69) is 26.2 Å². The van der Waals surface area contributed by atoms with Gasteiger partial charge in [0.2, 0.25) is 0 Å². The molecule has 4 nitrogen and oxygen atoms in total. The molecule has 0 aliphatic carbocycles. The van der Waals surface area contributed by atoms with Crippen LogP contribution in [0, 0.1) is 6.92 Å². The smallest absolute Gasteiger partial charge is 0.407 e. The molecule has 6 heteroatoms. The molecule has 134 valence electrons. The minimum Gasteiger partial charge on any atom is -0.445 e. The van der Waals surface area contributed by atoms with Gasteiger partial charge in [-0.05, 0) is 31.5 Å². The van der Waals surface area contributed by atoms with Crippen molar-refractivity contribution in [2.24, 2.45) is 0 Å². The van der Waals surface area contributed by atoms with E-state index in [4.69, 9.17) is 4.74 Å². The summed E-state index contributed by atoms with van der Waals surface area (Å²) in [7, 11) is 0. The Hall–Kier alpha value is -2.18. The van der Waals surface area contributed by atoms with E-state index in [0.717, 1.165) is 31.2 Å². The summed E-state index contributed by atoms with van der Waals surface area (Å²) in [6.07, 6.45) is -0.431. The van der Waals surface area contributed by atoms with Crippen molar-refractivity contribution in [2.75, 3.05) is 0 Å². The first-order valence-corrected chi connectivity index (χ1v) is 9.84. The molecule has 0 radical (unpaired) electrons. The van der Waals surface area contributed by atoms with Gasteiger partial charge in [-0.1, -0.05) is 58.4 Å². The highest BCUT2D eigenvalue weighted by atomic mass is 79.9. The molecule has 26 heavy (non-hydrogen) atoms. The van der Waals surface area contributed by atoms with Crippen LogP contribution in [0.1, 0.15) is 29.1 Å². The Labute approximate surface area is 165 Å². The van der Waals surface area contributed by atoms with Crippen LogP contribution in [-0.4, -0.2) is 11.1 Å². The number of ether oxygens (including phenoxy) is 1. The van der Waals surface area contributed by atoms with Gasteiger partial charge >= 0.3 is 6.09 Å². The van der Waals surface area contributed by atoms with Crippen molar-refractivity contribution in [1.82, 2.24) is 10.3 Å². The zero-order valence-electron chi connectivity index (χ0n) is 14.5. The quantitative estimate of drug-likeness (QED) is 0.550. The SMILES string of the molecule is Cc1nc(-c2ccc(Br)cc2)sc1C(C)NC(=O)OCc1ccccc1. The molecule has 0 fully saturated rings. The molecular formula is C20H19BrN2O2S. The summed E-state index contributed by atoms with van der Waals surface area (Å²) < 4.78 is 6.33. The standard InChI is InChI=1S/C20H19BrN2O2S/c1-13-18(26-19(22-13)16-8-10-17(21)11-9-16)14(2)23-20(24)25-12-15-6-4-3-5-7-15/h3-11,14H,12H2,1-2H3,(H,23,24). The van der Waals surface area contributed by atoms with Crippen LogP contribution in [0.15, 0.2) is 59.1 Å². The summed E-state index contributed by atoms with van der Waals surface area (Å²) in [5, 5.41) is 3.82. The molecule has 1 aromatic heterocycles. The van der Waals surface area contributed by atoms with Crippen LogP contribution in [0.5, 0.6) is 0 Å². The molecule has 0 aliphatic heterocycles. The van der Waals surface area contributed by atoms with Crippen molar-refractivity contribution in [3.63, 3.8) is 0 Å². The number of aryl methyl sites for hydroxylation is 1. The van der Waals surface area contributed by atoms with E-state index in [-0.39, 0.29) is 12.6 Å². The van der Waals surface area contributed by atoms with Crippen molar-refractivity contribution < 1.29 is 9.53 Å². The number of halogens is 1. The number of nitrogens with one attached hydrogen (secondary N) is 1. The van der Waals surface area contributed by atoms with Crippen molar-refractivity contribution in [3.05, 3.63) is 75.2 Å². The molecule has 0 aliphatic rings. The van der Waals surface area contributed by atoms with Crippen LogP contribution in [0.2, 0.25) is 0 Å². The normalized spacial score (nSPS) is 11.8. The first-order chi connectivity index (χ1) is 12.5. The molecule has 1 unspecified atom stereocenters. The fourth-order valence-electron chi connectivity index (χ4n) is 2.53. The molecule has 0 spiro atoms. The average molecular weight is 431 g/mol. The first kappa shape index (κ1) is 18.6. The molecule has 1 amide bonds. The Balaban J connectivity index is 1.63. The van der Waals surface area contributed by atoms with Gasteiger partial charge in [-0.15, -0.1) is 11.3 Å². The Morgan fingerprint density at radius 1 is 1.19 bits per heavy atom. The number of carbonyl (C=O) groups excluding carboxylic acids is 1. The predicted octanol–water partition coefficient (Wildman–Crippen LogP) is 5.87. The zero-order valence-corrected chi connectivity index (χ0v) is 16.9. The second kappa shape index (κ2) is 8.47. The lowest BCUT2D eigenvalue weighted by Crippen LogP contribution is -2.27. The first-order valence-electron chi connectivity index (χ1n) is 8.23. The van der Waals surface area contributed by atoms with Gasteiger partial charge in [0.05, 0.1) is 16.6 Å². The summed E-state index contributed by atoms with van der Waals surface area (Å²) in [5.74, 6) is 0. The number of hydrogen-bond acceptors (Lipinski definition) is 4. The lowest BCUT2D eigenvalue weighted by Gasteiger charge is -2.13. The highest BCUT2D eigenvalue weighted by molar-refractivity contribution is 9.10. The van der Waals surface area contributed by atoms with Gasteiger partial charge in [-0.2, -0.15) is 0 Å². The molecule has 0 bridgehead atoms. The van der Waals surface area contributed by atoms with Gasteiger partial charge in [-0.3, -0.25) is 0 Å². The third-order valence-electron chi connectivity index (χ3n) is 3.86. The summed E-state index contributed by atoms with van der Waals surface area (Å²) in [4.78, 5) is 17.7. The summed E-state index contributed by atoms with van der Waals surface area (Å²) in [5.41, 5.74) is 2.94. The lowest BCUT2D eigenvalue weighted by atomic mass is 10.2. The number of alkyl carbamates (subject to hydrolysis) is 1. The number of benzene rings is 2. The van der Waals surface area contributed by atoms with Crippen LogP contribution in [0.3, 0.4) is 0 Å². The van der Waals surface area contributed by atoms with Crippen LogP contribution in [0.25, 0.3) is 10.6 Å². The lowest BCUT2D eigenvalue weighted by molar-refractivity contribution is 0.136. The van der Waals surface area contributed by atoms with E-state index in [1.165, 1.54) is 0 Å². The van der Waals surface area contributed by atoms with Crippen molar-refractivity contribution in [2.45, 2.75) is 26.5 Å². The average Bonchev–Trinajstić information content (AvgIpc) is 3.03. The van der Waals surface area contributed by atoms with Crippen LogP contribution < -0.4 is 5.32 Å². The maximum Gasteiger partial charge on any atom is 0.407 e. The number of rotatable bonds is 5. The minimum atomic E-state index is -0.431. The zero-order chi connectivity index (χ0) is 18.5. The second-order valence-electron chi connectivity index (χ2n) is 5.90. The van der Waals surface area contributed by atoms with E-state index in [9.17, 15) is 4.79 Å². The van der Waals surface area contributed by atoms with E-state index in [1.54, 1.807) is 11.3 Å². The van der Waals surface area contributed by atoms with E-state index < -0.39 is 6.09 Å². The van der Waals surface area contributed by atoms with Gasteiger partial charge in [0.25, 0.3) is 0 Å². The van der Waals surface area contributed by atoms with Gasteiger partial charge in [0.15, 0.2) is 0 Å². The molecule has 1 heterocycles. The molecular weight excluding hydrogens is 412 g/mol. The van der Waals surface area contributed by atoms with Gasteiger partial charge in [0, 0.05) is 10.0 Å². The number of amides is 1. The molecule has 0 saturated carbocycles. The highest BCUT2D eigenvalue weighted by Crippen LogP contribution is 2.32. The van der Waals surface area contributed by atoms with E-state index >= 15 is 0 Å². The summed E-state index contributed by atoms with van der Waals surface area (Å²) in [6.45, 7) is 4.16. The van der Waals surface area contributed by atoms with Crippen molar-refractivity contribution in [1.29, 1.82) is 0 Å². The predicted molar refractivity (Wildman–Crippen MR) is 108 cm³/mol. The monoisotopic (exact) mass is 430 g/mol. The number of carbonyl (C=O) groups is 1. The van der Waals surface area contributed by atoms with Crippen LogP contribution in [-0.2, 0) is 11.3 Å². The molecule has 1 N–H and O–H groups in total. The number of thiazole rings is 1. The number of aromatic nitrogens is 1. The molecule has 3 aromatic rings. The van der Waals surface area contributed by atoms with Gasteiger partial charge < -0.3 is 10.1 Å². The number of nitrogens with zero attached hydrogens (tertiary/aromatic N) is 1. The largest absolute Gasteiger partial charge is 0.445 e. The minimum absolute atomic E-state index is 0.167. The highest BCUT2D eigenvalue weighted by Gasteiger charge is 2.18. The maximum atomic E-state index is 12.1. The van der Waals surface area contributed by atoms with Gasteiger partial charge in [-0.25, -0.2) is 9.78 Å². The maximum absolute atomic E-state index is 12.1. The fraction of sp³-hybridized carbons (Fsp3) is 0.200. The van der Waals surface area contributed by atoms with Gasteiger partial charge in [0.1, 0.15) is 11.6 Å². The summed E-state index contributed by atoms with van der Waals surface area (Å²) in [6, 6.07) is 17.5. The second-order valence-corrected chi connectivity index (χ2v) is 7.85. The summed E-state index contributed by atoms with van der Waals surface area (Å²) >= 11 is 5.03. The Kier molecular flexibility index (Phi) is 6.06. The fourth-order valence-corrected chi connectivity index (χ4v) is 3.87. The number of hydrogen-bond donors (Lipinski definition) is 1. The van der Waals surface area contributed by atoms with E-state index in [1.807, 2.05) is 68.4 Å². The Bertz CT molecular complexity index is 879. The molecule has 2 aromatic carbocycles. The third kappa shape index (κ3) is 4.71. The molecule has 0 saturated heterocycles. The molecule has 1 atom stereocenters. The van der Waals surface area contributed by atoms with Crippen molar-refractivity contribution in [3.8, 4) is 10.6 Å². The molecule has 3 rings (SSSR count). The van der Waals surface area contributed by atoms with Crippen LogP contribution in [0.4, 0.5) is 4.79 Å². The van der Waals surface area contributed by atoms with Crippen LogP contribution >= 0.6 is 27.3 Å². The topological polar surface area (TPSA) is 51.2 Å². The van der Waals surface area contributed by atoms with E-state index in [0.29, 0.717) is 0 Å². The van der Waals surface area contributed by atoms with Crippen molar-refractivity contribution >= 4 is 33.4 Å². The Morgan fingerprint density at radius 3 is 2.58 bits per heavy atom. The third-order valence-corrected chi connectivity index (χ3v) is 5.78. The Morgan fingerprint density at radius 2 is 1.88 bits per heavy atom.